The summed E-state index contributed by atoms with van der Waals surface area (Å²) in [5.74, 6) is 2.01. The van der Waals surface area contributed by atoms with Crippen molar-refractivity contribution >= 4 is 0 Å². The standard InChI is InChI=1S/C10H13N5O2/c1-7-12-8(2)15(14-7)9-3-4-11-10(13-9)17-6-5-16/h3-4,16H,5-6H2,1-2H3. The zero-order valence-electron chi connectivity index (χ0n) is 9.66. The highest BCUT2D eigenvalue weighted by atomic mass is 16.5. The second-order valence-corrected chi connectivity index (χ2v) is 3.39. The van der Waals surface area contributed by atoms with E-state index in [1.165, 1.54) is 0 Å². The molecule has 0 aliphatic carbocycles. The Morgan fingerprint density at radius 3 is 2.82 bits per heavy atom. The van der Waals surface area contributed by atoms with Gasteiger partial charge < -0.3 is 9.84 Å². The van der Waals surface area contributed by atoms with Gasteiger partial charge >= 0.3 is 6.01 Å². The molecular weight excluding hydrogens is 222 g/mol. The Morgan fingerprint density at radius 2 is 2.18 bits per heavy atom. The molecule has 0 unspecified atom stereocenters. The number of hydrogen-bond acceptors (Lipinski definition) is 6. The van der Waals surface area contributed by atoms with Crippen LogP contribution in [0.4, 0.5) is 0 Å². The van der Waals surface area contributed by atoms with Gasteiger partial charge in [-0.15, -0.1) is 5.10 Å². The molecule has 0 amide bonds. The lowest BCUT2D eigenvalue weighted by Crippen LogP contribution is -2.08. The molecule has 0 bridgehead atoms. The molecule has 0 saturated heterocycles. The van der Waals surface area contributed by atoms with Gasteiger partial charge in [0.05, 0.1) is 6.61 Å². The zero-order valence-corrected chi connectivity index (χ0v) is 9.66. The Bertz CT molecular complexity index is 511. The van der Waals surface area contributed by atoms with E-state index in [4.69, 9.17) is 9.84 Å². The molecule has 0 radical (unpaired) electrons. The predicted molar refractivity (Wildman–Crippen MR) is 59.0 cm³/mol. The van der Waals surface area contributed by atoms with Crippen LogP contribution in [0.5, 0.6) is 6.01 Å². The molecular formula is C10H13N5O2. The number of aromatic nitrogens is 5. The summed E-state index contributed by atoms with van der Waals surface area (Å²) in [7, 11) is 0. The second-order valence-electron chi connectivity index (χ2n) is 3.39. The van der Waals surface area contributed by atoms with E-state index < -0.39 is 0 Å². The van der Waals surface area contributed by atoms with Crippen molar-refractivity contribution in [3.8, 4) is 11.8 Å². The molecule has 0 fully saturated rings. The van der Waals surface area contributed by atoms with Gasteiger partial charge in [0.1, 0.15) is 18.3 Å². The minimum atomic E-state index is -0.0744. The fourth-order valence-electron chi connectivity index (χ4n) is 1.39. The van der Waals surface area contributed by atoms with Gasteiger partial charge in [-0.25, -0.2) is 9.97 Å². The Hall–Kier alpha value is -2.02. The van der Waals surface area contributed by atoms with E-state index >= 15 is 0 Å². The average molecular weight is 235 g/mol. The van der Waals surface area contributed by atoms with E-state index in [-0.39, 0.29) is 19.2 Å². The smallest absolute Gasteiger partial charge is 0.318 e. The maximum atomic E-state index is 8.65. The SMILES string of the molecule is Cc1nc(C)n(-c2ccnc(OCCO)n2)n1. The van der Waals surface area contributed by atoms with E-state index in [9.17, 15) is 0 Å². The van der Waals surface area contributed by atoms with Gasteiger partial charge in [-0.3, -0.25) is 0 Å². The number of aliphatic hydroxyl groups is 1. The van der Waals surface area contributed by atoms with Gasteiger partial charge in [0.2, 0.25) is 0 Å². The van der Waals surface area contributed by atoms with Crippen molar-refractivity contribution in [3.05, 3.63) is 23.9 Å². The Kier molecular flexibility index (Phi) is 3.29. The normalized spacial score (nSPS) is 10.5. The van der Waals surface area contributed by atoms with E-state index in [0.29, 0.717) is 11.6 Å². The van der Waals surface area contributed by atoms with Crippen molar-refractivity contribution in [1.29, 1.82) is 0 Å². The quantitative estimate of drug-likeness (QED) is 0.805. The summed E-state index contributed by atoms with van der Waals surface area (Å²) >= 11 is 0. The second kappa shape index (κ2) is 4.88. The van der Waals surface area contributed by atoms with Crippen LogP contribution in [-0.2, 0) is 0 Å². The summed E-state index contributed by atoms with van der Waals surface area (Å²) in [6.45, 7) is 3.75. The number of aryl methyl sites for hydroxylation is 2. The Labute approximate surface area is 98.1 Å². The number of hydrogen-bond donors (Lipinski definition) is 1. The lowest BCUT2D eigenvalue weighted by molar-refractivity contribution is 0.191. The maximum absolute atomic E-state index is 8.65. The van der Waals surface area contributed by atoms with Crippen LogP contribution in [0.2, 0.25) is 0 Å². The summed E-state index contributed by atoms with van der Waals surface area (Å²) in [6.07, 6.45) is 1.57. The molecule has 90 valence electrons. The van der Waals surface area contributed by atoms with Crippen LogP contribution >= 0.6 is 0 Å². The van der Waals surface area contributed by atoms with E-state index in [2.05, 4.69) is 20.1 Å². The fraction of sp³-hybridized carbons (Fsp3) is 0.400. The fourth-order valence-corrected chi connectivity index (χ4v) is 1.39. The van der Waals surface area contributed by atoms with Crippen molar-refractivity contribution in [2.45, 2.75) is 13.8 Å². The molecule has 1 N–H and O–H groups in total. The number of aliphatic hydroxyl groups excluding tert-OH is 1. The molecule has 2 heterocycles. The van der Waals surface area contributed by atoms with Gasteiger partial charge in [0, 0.05) is 12.3 Å². The van der Waals surface area contributed by atoms with E-state index in [0.717, 1.165) is 5.82 Å². The van der Waals surface area contributed by atoms with Gasteiger partial charge in [-0.1, -0.05) is 0 Å². The van der Waals surface area contributed by atoms with Crippen molar-refractivity contribution in [1.82, 2.24) is 24.7 Å². The van der Waals surface area contributed by atoms with Crippen LogP contribution in [0.1, 0.15) is 11.6 Å². The molecule has 17 heavy (non-hydrogen) atoms. The largest absolute Gasteiger partial charge is 0.461 e. The highest BCUT2D eigenvalue weighted by Crippen LogP contribution is 2.09. The number of ether oxygens (including phenoxy) is 1. The lowest BCUT2D eigenvalue weighted by Gasteiger charge is -2.04. The number of rotatable bonds is 4. The molecule has 7 heteroatoms. The third-order valence-corrected chi connectivity index (χ3v) is 2.03. The minimum Gasteiger partial charge on any atom is -0.461 e. The molecule has 2 aromatic heterocycles. The van der Waals surface area contributed by atoms with Gasteiger partial charge in [-0.05, 0) is 13.8 Å². The highest BCUT2D eigenvalue weighted by molar-refractivity contribution is 5.22. The van der Waals surface area contributed by atoms with E-state index in [1.54, 1.807) is 16.9 Å². The number of nitrogens with zero attached hydrogens (tertiary/aromatic N) is 5. The van der Waals surface area contributed by atoms with Gasteiger partial charge in [0.25, 0.3) is 0 Å². The predicted octanol–water partition coefficient (Wildman–Crippen LogP) is 0.0452. The zero-order chi connectivity index (χ0) is 12.3. The van der Waals surface area contributed by atoms with Gasteiger partial charge in [-0.2, -0.15) is 9.67 Å². The van der Waals surface area contributed by atoms with Gasteiger partial charge in [0.15, 0.2) is 5.82 Å². The van der Waals surface area contributed by atoms with Crippen LogP contribution in [0.25, 0.3) is 5.82 Å². The van der Waals surface area contributed by atoms with Crippen LogP contribution in [-0.4, -0.2) is 43.1 Å². The lowest BCUT2D eigenvalue weighted by atomic mass is 10.5. The highest BCUT2D eigenvalue weighted by Gasteiger charge is 2.07. The van der Waals surface area contributed by atoms with Crippen LogP contribution in [0.15, 0.2) is 12.3 Å². The summed E-state index contributed by atoms with van der Waals surface area (Å²) in [5, 5.41) is 12.9. The van der Waals surface area contributed by atoms with Crippen molar-refractivity contribution in [2.24, 2.45) is 0 Å². The van der Waals surface area contributed by atoms with E-state index in [1.807, 2.05) is 13.8 Å². The average Bonchev–Trinajstić information content (AvgIpc) is 2.66. The first kappa shape index (κ1) is 11.5. The molecule has 2 aromatic rings. The first-order valence-electron chi connectivity index (χ1n) is 5.18. The summed E-state index contributed by atoms with van der Waals surface area (Å²) in [5.41, 5.74) is 0. The third-order valence-electron chi connectivity index (χ3n) is 2.03. The van der Waals surface area contributed by atoms with Crippen LogP contribution < -0.4 is 4.74 Å². The molecule has 0 aliphatic rings. The molecule has 0 saturated carbocycles. The Balaban J connectivity index is 2.29. The summed E-state index contributed by atoms with van der Waals surface area (Å²) < 4.78 is 6.74. The molecule has 0 aromatic carbocycles. The maximum Gasteiger partial charge on any atom is 0.318 e. The Morgan fingerprint density at radius 1 is 1.35 bits per heavy atom. The molecule has 0 spiro atoms. The molecule has 0 atom stereocenters. The molecule has 2 rings (SSSR count). The van der Waals surface area contributed by atoms with Crippen molar-refractivity contribution in [2.75, 3.05) is 13.2 Å². The third kappa shape index (κ3) is 2.56. The summed E-state index contributed by atoms with van der Waals surface area (Å²) in [4.78, 5) is 12.3. The van der Waals surface area contributed by atoms with Crippen LogP contribution in [0.3, 0.4) is 0 Å². The summed E-state index contributed by atoms with van der Waals surface area (Å²) in [6, 6.07) is 1.93. The van der Waals surface area contributed by atoms with Crippen molar-refractivity contribution in [3.63, 3.8) is 0 Å². The van der Waals surface area contributed by atoms with Crippen molar-refractivity contribution < 1.29 is 9.84 Å². The first-order valence-corrected chi connectivity index (χ1v) is 5.18. The molecule has 0 aliphatic heterocycles. The topological polar surface area (TPSA) is 86.0 Å². The molecule has 7 nitrogen and oxygen atoms in total. The first-order chi connectivity index (χ1) is 8.20. The van der Waals surface area contributed by atoms with Crippen LogP contribution in [0, 0.1) is 13.8 Å². The minimum absolute atomic E-state index is 0.0744. The monoisotopic (exact) mass is 235 g/mol.